The molecule has 6 nitrogen and oxygen atoms in total. The number of benzene rings is 3. The summed E-state index contributed by atoms with van der Waals surface area (Å²) in [6, 6.07) is 23.7. The molecule has 0 aliphatic heterocycles. The first-order chi connectivity index (χ1) is 17.0. The quantitative estimate of drug-likeness (QED) is 0.350. The van der Waals surface area contributed by atoms with Crippen LogP contribution in [-0.2, 0) is 4.79 Å². The minimum absolute atomic E-state index is 0.129. The maximum Gasteiger partial charge on any atom is 0.327 e. The zero-order valence-electron chi connectivity index (χ0n) is 19.3. The molecule has 0 aliphatic rings. The molecule has 0 saturated carbocycles. The minimum Gasteiger partial charge on any atom is -0.480 e. The number of carboxylic acids is 1. The first kappa shape index (κ1) is 25.6. The number of nitrogens with zero attached hydrogens (tertiary/aromatic N) is 1. The van der Waals surface area contributed by atoms with Crippen LogP contribution in [0.15, 0.2) is 89.8 Å². The summed E-state index contributed by atoms with van der Waals surface area (Å²) in [6.45, 7) is 2.00. The second-order valence-electron chi connectivity index (χ2n) is 7.62. The topological polar surface area (TPSA) is 86.7 Å². The number of thioether (sulfide) groups is 1. The Kier molecular flexibility index (Phi) is 9.52. The summed E-state index contributed by atoms with van der Waals surface area (Å²) in [4.78, 5) is 39.9. The maximum atomic E-state index is 13.2. The lowest BCUT2D eigenvalue weighted by Gasteiger charge is -2.23. The summed E-state index contributed by atoms with van der Waals surface area (Å²) < 4.78 is 0. The van der Waals surface area contributed by atoms with E-state index in [1.54, 1.807) is 24.3 Å². The van der Waals surface area contributed by atoms with Crippen LogP contribution < -0.4 is 5.32 Å². The second kappa shape index (κ2) is 13.0. The van der Waals surface area contributed by atoms with Gasteiger partial charge in [0.2, 0.25) is 0 Å². The van der Waals surface area contributed by atoms with Gasteiger partial charge in [-0.05, 0) is 48.9 Å². The van der Waals surface area contributed by atoms with Crippen molar-refractivity contribution in [2.24, 2.45) is 0 Å². The first-order valence-corrected chi connectivity index (χ1v) is 12.2. The number of hydrogen-bond acceptors (Lipinski definition) is 4. The lowest BCUT2D eigenvalue weighted by Crippen LogP contribution is -2.51. The molecular formula is C28H26N2O4S. The minimum atomic E-state index is -1.16. The lowest BCUT2D eigenvalue weighted by molar-refractivity contribution is -0.138. The van der Waals surface area contributed by atoms with Gasteiger partial charge in [0.15, 0.2) is 0 Å². The Balaban J connectivity index is 1.72. The van der Waals surface area contributed by atoms with Crippen molar-refractivity contribution in [1.82, 2.24) is 10.2 Å². The molecule has 0 saturated heterocycles. The van der Waals surface area contributed by atoms with Crippen LogP contribution in [0.25, 0.3) is 0 Å². The van der Waals surface area contributed by atoms with Crippen LogP contribution in [0.2, 0.25) is 0 Å². The van der Waals surface area contributed by atoms with Crippen molar-refractivity contribution in [3.05, 3.63) is 102 Å². The summed E-state index contributed by atoms with van der Waals surface area (Å²) >= 11 is 1.32. The van der Waals surface area contributed by atoms with E-state index in [9.17, 15) is 19.5 Å². The predicted molar refractivity (Wildman–Crippen MR) is 137 cm³/mol. The summed E-state index contributed by atoms with van der Waals surface area (Å²) in [5.41, 5.74) is 1.79. The molecule has 3 aromatic carbocycles. The van der Waals surface area contributed by atoms with Crippen molar-refractivity contribution in [3.63, 3.8) is 0 Å². The van der Waals surface area contributed by atoms with E-state index in [1.807, 2.05) is 67.6 Å². The van der Waals surface area contributed by atoms with E-state index in [1.165, 1.54) is 11.8 Å². The highest BCUT2D eigenvalue weighted by atomic mass is 32.2. The Morgan fingerprint density at radius 2 is 1.54 bits per heavy atom. The van der Waals surface area contributed by atoms with E-state index >= 15 is 0 Å². The molecule has 0 spiro atoms. The van der Waals surface area contributed by atoms with Gasteiger partial charge < -0.3 is 10.4 Å². The van der Waals surface area contributed by atoms with Crippen LogP contribution in [-0.4, -0.2) is 46.3 Å². The maximum absolute atomic E-state index is 13.2. The molecule has 1 atom stereocenters. The molecular weight excluding hydrogens is 460 g/mol. The normalized spacial score (nSPS) is 11.0. The van der Waals surface area contributed by atoms with Crippen LogP contribution in [0.1, 0.15) is 34.8 Å². The van der Waals surface area contributed by atoms with Gasteiger partial charge in [-0.25, -0.2) is 9.59 Å². The Labute approximate surface area is 209 Å². The molecule has 3 amide bonds. The van der Waals surface area contributed by atoms with Gasteiger partial charge in [0.25, 0.3) is 5.91 Å². The molecule has 7 heteroatoms. The van der Waals surface area contributed by atoms with Crippen molar-refractivity contribution in [2.45, 2.75) is 24.3 Å². The Hall–Kier alpha value is -4.02. The third-order valence-corrected chi connectivity index (χ3v) is 6.03. The van der Waals surface area contributed by atoms with Gasteiger partial charge in [-0.2, -0.15) is 0 Å². The summed E-state index contributed by atoms with van der Waals surface area (Å²) in [7, 11) is 0. The first-order valence-electron chi connectivity index (χ1n) is 11.2. The van der Waals surface area contributed by atoms with Crippen LogP contribution in [0.4, 0.5) is 4.79 Å². The van der Waals surface area contributed by atoms with Gasteiger partial charge in [0.1, 0.15) is 6.04 Å². The molecule has 3 rings (SSSR count). The Bertz CT molecular complexity index is 1220. The summed E-state index contributed by atoms with van der Waals surface area (Å²) in [5, 5.41) is 12.1. The van der Waals surface area contributed by atoms with Gasteiger partial charge in [0, 0.05) is 33.9 Å². The number of rotatable bonds is 8. The number of hydrogen-bond donors (Lipinski definition) is 2. The second-order valence-corrected chi connectivity index (χ2v) is 8.71. The van der Waals surface area contributed by atoms with E-state index in [0.717, 1.165) is 15.4 Å². The molecule has 178 valence electrons. The average molecular weight is 487 g/mol. The predicted octanol–water partition coefficient (Wildman–Crippen LogP) is 4.89. The molecule has 0 aliphatic carbocycles. The van der Waals surface area contributed by atoms with E-state index in [4.69, 9.17) is 0 Å². The molecule has 0 fully saturated rings. The number of amides is 3. The average Bonchev–Trinajstić information content (AvgIpc) is 2.89. The van der Waals surface area contributed by atoms with Crippen LogP contribution >= 0.6 is 11.8 Å². The van der Waals surface area contributed by atoms with E-state index in [2.05, 4.69) is 17.2 Å². The van der Waals surface area contributed by atoms with Crippen LogP contribution in [0, 0.1) is 11.8 Å². The fraction of sp³-hybridized carbons (Fsp3) is 0.179. The highest BCUT2D eigenvalue weighted by molar-refractivity contribution is 7.99. The number of carbonyl (C=O) groups excluding carboxylic acids is 2. The van der Waals surface area contributed by atoms with Crippen molar-refractivity contribution >= 4 is 29.7 Å². The monoisotopic (exact) mass is 486 g/mol. The van der Waals surface area contributed by atoms with E-state index < -0.39 is 23.9 Å². The molecule has 3 aromatic rings. The lowest BCUT2D eigenvalue weighted by atomic mass is 10.1. The number of imide groups is 1. The van der Waals surface area contributed by atoms with Gasteiger partial charge in [-0.3, -0.25) is 9.69 Å². The summed E-state index contributed by atoms with van der Waals surface area (Å²) in [6.07, 6.45) is 0.531. The summed E-state index contributed by atoms with van der Waals surface area (Å²) in [5.74, 6) is 4.54. The Morgan fingerprint density at radius 1 is 0.914 bits per heavy atom. The van der Waals surface area contributed by atoms with Crippen LogP contribution in [0.3, 0.4) is 0 Å². The Morgan fingerprint density at radius 3 is 2.20 bits per heavy atom. The highest BCUT2D eigenvalue weighted by Crippen LogP contribution is 2.18. The van der Waals surface area contributed by atoms with E-state index in [0.29, 0.717) is 17.5 Å². The molecule has 35 heavy (non-hydrogen) atoms. The zero-order chi connectivity index (χ0) is 25.0. The molecule has 2 N–H and O–H groups in total. The fourth-order valence-corrected chi connectivity index (χ4v) is 4.10. The van der Waals surface area contributed by atoms with Gasteiger partial charge in [0.05, 0.1) is 0 Å². The zero-order valence-corrected chi connectivity index (χ0v) is 20.1. The van der Waals surface area contributed by atoms with Crippen molar-refractivity contribution < 1.29 is 19.5 Å². The molecule has 0 unspecified atom stereocenters. The number of urea groups is 1. The van der Waals surface area contributed by atoms with Crippen molar-refractivity contribution in [2.75, 3.05) is 12.3 Å². The largest absolute Gasteiger partial charge is 0.480 e. The molecule has 0 aromatic heterocycles. The molecule has 0 bridgehead atoms. The standard InChI is InChI=1S/C28H26N2O4S/c1-2-18-30(28(34)29-25(27(32)33)20-35-24-14-7-4-8-15-24)26(31)23-13-9-12-22(19-23)17-16-21-10-5-3-6-11-21/h3-15,19,25H,2,18,20H2,1H3,(H,29,34)(H,32,33)/t25-/m0/s1. The number of carbonyl (C=O) groups is 3. The molecule has 0 heterocycles. The third kappa shape index (κ3) is 7.76. The highest BCUT2D eigenvalue weighted by Gasteiger charge is 2.27. The number of carboxylic acid groups (broad SMARTS) is 1. The third-order valence-electron chi connectivity index (χ3n) is 4.93. The van der Waals surface area contributed by atoms with Crippen molar-refractivity contribution in [1.29, 1.82) is 0 Å². The molecule has 0 radical (unpaired) electrons. The van der Waals surface area contributed by atoms with E-state index in [-0.39, 0.29) is 12.3 Å². The van der Waals surface area contributed by atoms with Gasteiger partial charge in [-0.15, -0.1) is 11.8 Å². The number of aliphatic carboxylic acids is 1. The van der Waals surface area contributed by atoms with Crippen LogP contribution in [0.5, 0.6) is 0 Å². The SMILES string of the molecule is CCCN(C(=O)N[C@@H](CSc1ccccc1)C(=O)O)C(=O)c1cccc(C#Cc2ccccc2)c1. The van der Waals surface area contributed by atoms with Gasteiger partial charge >= 0.3 is 12.0 Å². The number of nitrogens with one attached hydrogen (secondary N) is 1. The van der Waals surface area contributed by atoms with Gasteiger partial charge in [-0.1, -0.05) is 61.2 Å². The fourth-order valence-electron chi connectivity index (χ4n) is 3.17. The smallest absolute Gasteiger partial charge is 0.327 e. The van der Waals surface area contributed by atoms with Crippen molar-refractivity contribution in [3.8, 4) is 11.8 Å².